The number of hydrogen-bond donors (Lipinski definition) is 2. The lowest BCUT2D eigenvalue weighted by Crippen LogP contribution is -2.33. The molecule has 0 aromatic rings. The lowest BCUT2D eigenvalue weighted by Gasteiger charge is -2.05. The van der Waals surface area contributed by atoms with Crippen LogP contribution >= 0.6 is 0 Å². The molecular weight excluding hydrogens is 142 g/mol. The Morgan fingerprint density at radius 2 is 2.00 bits per heavy atom. The van der Waals surface area contributed by atoms with Crippen molar-refractivity contribution in [1.82, 2.24) is 4.72 Å². The summed E-state index contributed by atoms with van der Waals surface area (Å²) in [6.45, 7) is 1.75. The molecule has 1 rings (SSSR count). The van der Waals surface area contributed by atoms with Crippen molar-refractivity contribution < 1.29 is 13.0 Å². The Labute approximate surface area is 54.1 Å². The van der Waals surface area contributed by atoms with Gasteiger partial charge in [-0.2, -0.15) is 13.1 Å². The summed E-state index contributed by atoms with van der Waals surface area (Å²) >= 11 is 0. The van der Waals surface area contributed by atoms with Crippen LogP contribution in [0.2, 0.25) is 0 Å². The Hall–Kier alpha value is -0.130. The average molecular weight is 151 g/mol. The lowest BCUT2D eigenvalue weighted by atomic mass is 10.4. The first-order valence-corrected chi connectivity index (χ1v) is 4.12. The summed E-state index contributed by atoms with van der Waals surface area (Å²) in [5, 5.41) is 0. The molecule has 54 valence electrons. The molecule has 0 amide bonds. The predicted molar refractivity (Wildman–Crippen MR) is 32.3 cm³/mol. The highest BCUT2D eigenvalue weighted by Gasteiger charge is 2.40. The van der Waals surface area contributed by atoms with Crippen molar-refractivity contribution in [1.29, 1.82) is 0 Å². The third kappa shape index (κ3) is 2.30. The topological polar surface area (TPSA) is 66.4 Å². The van der Waals surface area contributed by atoms with Crippen LogP contribution in [0.4, 0.5) is 0 Å². The Bertz CT molecular complexity index is 204. The van der Waals surface area contributed by atoms with E-state index in [9.17, 15) is 8.42 Å². The third-order valence-corrected chi connectivity index (χ3v) is 2.13. The second-order valence-corrected chi connectivity index (χ2v) is 3.79. The maximum atomic E-state index is 10.1. The van der Waals surface area contributed by atoms with E-state index in [1.54, 1.807) is 6.92 Å². The molecule has 2 N–H and O–H groups in total. The van der Waals surface area contributed by atoms with Gasteiger partial charge in [0.05, 0.1) is 0 Å². The number of nitrogens with one attached hydrogen (secondary N) is 1. The summed E-state index contributed by atoms with van der Waals surface area (Å²) in [7, 11) is -3.97. The van der Waals surface area contributed by atoms with Gasteiger partial charge in [0.1, 0.15) is 0 Å². The summed E-state index contributed by atoms with van der Waals surface area (Å²) in [6.07, 6.45) is 1.62. The van der Waals surface area contributed by atoms with E-state index < -0.39 is 10.3 Å². The molecular formula is C4H9NO3S. The zero-order chi connectivity index (χ0) is 7.12. The smallest absolute Gasteiger partial charge is 0.273 e. The second-order valence-electron chi connectivity index (χ2n) is 2.64. The summed E-state index contributed by atoms with van der Waals surface area (Å²) < 4.78 is 30.6. The van der Waals surface area contributed by atoms with Gasteiger partial charge < -0.3 is 0 Å². The maximum Gasteiger partial charge on any atom is 0.333 e. The zero-order valence-electron chi connectivity index (χ0n) is 5.09. The van der Waals surface area contributed by atoms with Gasteiger partial charge in [-0.05, 0) is 19.8 Å². The van der Waals surface area contributed by atoms with Crippen molar-refractivity contribution in [3.05, 3.63) is 0 Å². The van der Waals surface area contributed by atoms with E-state index in [0.717, 1.165) is 12.8 Å². The van der Waals surface area contributed by atoms with Crippen molar-refractivity contribution in [2.24, 2.45) is 0 Å². The number of hydrogen-bond acceptors (Lipinski definition) is 2. The van der Waals surface area contributed by atoms with Crippen molar-refractivity contribution >= 4 is 10.3 Å². The predicted octanol–water partition coefficient (Wildman–Crippen LogP) is -0.0687. The van der Waals surface area contributed by atoms with Crippen LogP contribution < -0.4 is 4.72 Å². The van der Waals surface area contributed by atoms with E-state index in [0.29, 0.717) is 0 Å². The van der Waals surface area contributed by atoms with Gasteiger partial charge in [-0.25, -0.2) is 0 Å². The first-order valence-electron chi connectivity index (χ1n) is 2.68. The van der Waals surface area contributed by atoms with Gasteiger partial charge >= 0.3 is 10.3 Å². The number of rotatable bonds is 2. The van der Waals surface area contributed by atoms with Gasteiger partial charge in [-0.3, -0.25) is 4.55 Å². The van der Waals surface area contributed by atoms with E-state index in [1.165, 1.54) is 0 Å². The summed E-state index contributed by atoms with van der Waals surface area (Å²) in [5.74, 6) is 0. The van der Waals surface area contributed by atoms with Crippen LogP contribution in [0.15, 0.2) is 0 Å². The first-order chi connectivity index (χ1) is 3.91. The molecule has 1 fully saturated rings. The largest absolute Gasteiger partial charge is 0.333 e. The van der Waals surface area contributed by atoms with E-state index >= 15 is 0 Å². The van der Waals surface area contributed by atoms with Crippen molar-refractivity contribution in [2.45, 2.75) is 25.3 Å². The standard InChI is InChI=1S/C4H9NO3S/c1-4(2-3-4)5-9(6,7)8/h5H,2-3H2,1H3,(H,6,7,8). The molecule has 0 radical (unpaired) electrons. The molecule has 0 aromatic heterocycles. The van der Waals surface area contributed by atoms with Crippen molar-refractivity contribution in [3.63, 3.8) is 0 Å². The minimum absolute atomic E-state index is 0.354. The summed E-state index contributed by atoms with van der Waals surface area (Å²) in [6, 6.07) is 0. The Morgan fingerprint density at radius 3 is 2.11 bits per heavy atom. The highest BCUT2D eigenvalue weighted by Crippen LogP contribution is 2.34. The first kappa shape index (κ1) is 6.98. The lowest BCUT2D eigenvalue weighted by molar-refractivity contribution is 0.453. The van der Waals surface area contributed by atoms with Gasteiger partial charge in [0.15, 0.2) is 0 Å². The summed E-state index contributed by atoms with van der Waals surface area (Å²) in [4.78, 5) is 0. The van der Waals surface area contributed by atoms with Gasteiger partial charge in [0, 0.05) is 5.54 Å². The monoisotopic (exact) mass is 151 g/mol. The van der Waals surface area contributed by atoms with Gasteiger partial charge in [0.2, 0.25) is 0 Å². The molecule has 1 aliphatic rings. The zero-order valence-corrected chi connectivity index (χ0v) is 5.90. The van der Waals surface area contributed by atoms with Gasteiger partial charge in [0.25, 0.3) is 0 Å². The fraction of sp³-hybridized carbons (Fsp3) is 1.00. The van der Waals surface area contributed by atoms with E-state index in [2.05, 4.69) is 4.72 Å². The maximum absolute atomic E-state index is 10.1. The molecule has 0 aliphatic heterocycles. The fourth-order valence-electron chi connectivity index (χ4n) is 0.601. The molecule has 0 heterocycles. The Morgan fingerprint density at radius 1 is 1.56 bits per heavy atom. The highest BCUT2D eigenvalue weighted by atomic mass is 32.2. The van der Waals surface area contributed by atoms with Crippen LogP contribution in [0.3, 0.4) is 0 Å². The fourth-order valence-corrected chi connectivity index (χ4v) is 1.43. The minimum atomic E-state index is -3.97. The minimum Gasteiger partial charge on any atom is -0.273 e. The quantitative estimate of drug-likeness (QED) is 0.543. The SMILES string of the molecule is CC1(NS(=O)(=O)O)CC1. The van der Waals surface area contributed by atoms with Crippen LogP contribution in [0.5, 0.6) is 0 Å². The van der Waals surface area contributed by atoms with E-state index in [1.807, 2.05) is 0 Å². The molecule has 0 spiro atoms. The molecule has 9 heavy (non-hydrogen) atoms. The molecule has 0 saturated heterocycles. The van der Waals surface area contributed by atoms with Crippen LogP contribution in [0, 0.1) is 0 Å². The molecule has 0 aromatic carbocycles. The molecule has 0 unspecified atom stereocenters. The summed E-state index contributed by atoms with van der Waals surface area (Å²) in [5.41, 5.74) is -0.354. The molecule has 4 nitrogen and oxygen atoms in total. The Kier molecular flexibility index (Phi) is 1.30. The molecule has 0 bridgehead atoms. The van der Waals surface area contributed by atoms with E-state index in [4.69, 9.17) is 4.55 Å². The van der Waals surface area contributed by atoms with Crippen molar-refractivity contribution in [2.75, 3.05) is 0 Å². The van der Waals surface area contributed by atoms with Crippen LogP contribution in [0.1, 0.15) is 19.8 Å². The van der Waals surface area contributed by atoms with Crippen LogP contribution in [-0.4, -0.2) is 18.5 Å². The van der Waals surface area contributed by atoms with Crippen molar-refractivity contribution in [3.8, 4) is 0 Å². The second kappa shape index (κ2) is 1.68. The normalized spacial score (nSPS) is 23.8. The van der Waals surface area contributed by atoms with E-state index in [-0.39, 0.29) is 5.54 Å². The molecule has 1 aliphatic carbocycles. The molecule has 0 atom stereocenters. The third-order valence-electron chi connectivity index (χ3n) is 1.38. The van der Waals surface area contributed by atoms with Gasteiger partial charge in [-0.15, -0.1) is 0 Å². The Balaban J connectivity index is 2.53. The average Bonchev–Trinajstić information content (AvgIpc) is 2.12. The van der Waals surface area contributed by atoms with Crippen LogP contribution in [0.25, 0.3) is 0 Å². The molecule has 1 saturated carbocycles. The van der Waals surface area contributed by atoms with Crippen LogP contribution in [-0.2, 0) is 10.3 Å². The molecule has 5 heteroatoms. The van der Waals surface area contributed by atoms with Gasteiger partial charge in [-0.1, -0.05) is 0 Å². The highest BCUT2D eigenvalue weighted by molar-refractivity contribution is 7.83.